The van der Waals surface area contributed by atoms with E-state index < -0.39 is 5.97 Å². The minimum atomic E-state index is -0.870. The van der Waals surface area contributed by atoms with Crippen molar-refractivity contribution in [2.75, 3.05) is 6.61 Å². The fraction of sp³-hybridized carbons (Fsp3) is 0.235. The van der Waals surface area contributed by atoms with Crippen molar-refractivity contribution in [3.63, 3.8) is 0 Å². The van der Waals surface area contributed by atoms with Crippen LogP contribution in [0, 0.1) is 0 Å². The van der Waals surface area contributed by atoms with Crippen molar-refractivity contribution in [1.29, 1.82) is 0 Å². The summed E-state index contributed by atoms with van der Waals surface area (Å²) in [7, 11) is 0. The Labute approximate surface area is 153 Å². The van der Waals surface area contributed by atoms with Crippen LogP contribution in [0.15, 0.2) is 30.3 Å². The lowest BCUT2D eigenvalue weighted by Crippen LogP contribution is -2.07. The molecule has 1 aliphatic rings. The van der Waals surface area contributed by atoms with E-state index in [0.29, 0.717) is 33.2 Å². The molecule has 0 bridgehead atoms. The summed E-state index contributed by atoms with van der Waals surface area (Å²) < 4.78 is 11.3. The van der Waals surface area contributed by atoms with Crippen LogP contribution in [0.5, 0.6) is 11.5 Å². The number of aliphatic carboxylic acids is 1. The number of benzene rings is 2. The first-order valence-electron chi connectivity index (χ1n) is 7.19. The summed E-state index contributed by atoms with van der Waals surface area (Å²) in [5.41, 5.74) is 1.57. The van der Waals surface area contributed by atoms with Gasteiger partial charge >= 0.3 is 5.97 Å². The Hall–Kier alpha value is -1.62. The van der Waals surface area contributed by atoms with E-state index in [2.05, 4.69) is 0 Å². The van der Waals surface area contributed by atoms with Gasteiger partial charge in [0.2, 0.25) is 0 Å². The predicted molar refractivity (Wildman–Crippen MR) is 92.7 cm³/mol. The van der Waals surface area contributed by atoms with Crippen molar-refractivity contribution < 1.29 is 19.4 Å². The fourth-order valence-corrected chi connectivity index (χ4v) is 3.25. The van der Waals surface area contributed by atoms with Crippen molar-refractivity contribution in [1.82, 2.24) is 0 Å². The third-order valence-electron chi connectivity index (χ3n) is 3.76. The van der Waals surface area contributed by atoms with Gasteiger partial charge in [-0.3, -0.25) is 4.79 Å². The molecule has 0 saturated carbocycles. The van der Waals surface area contributed by atoms with Crippen LogP contribution in [-0.4, -0.2) is 17.7 Å². The van der Waals surface area contributed by atoms with Gasteiger partial charge in [0.25, 0.3) is 0 Å². The van der Waals surface area contributed by atoms with E-state index in [9.17, 15) is 4.79 Å². The van der Waals surface area contributed by atoms with Crippen molar-refractivity contribution in [3.05, 3.63) is 56.5 Å². The number of ether oxygens (including phenoxy) is 2. The van der Waals surface area contributed by atoms with Gasteiger partial charge in [-0.15, -0.1) is 0 Å². The normalized spacial score (nSPS) is 15.7. The number of hydrogen-bond donors (Lipinski definition) is 1. The summed E-state index contributed by atoms with van der Waals surface area (Å²) in [6, 6.07) is 8.55. The topological polar surface area (TPSA) is 55.8 Å². The molecule has 7 heteroatoms. The number of halogens is 3. The van der Waals surface area contributed by atoms with E-state index in [1.54, 1.807) is 30.3 Å². The molecule has 24 heavy (non-hydrogen) atoms. The second kappa shape index (κ2) is 7.09. The number of carboxylic acids is 1. The van der Waals surface area contributed by atoms with Crippen molar-refractivity contribution in [2.45, 2.75) is 18.9 Å². The fourth-order valence-electron chi connectivity index (χ4n) is 2.56. The zero-order valence-electron chi connectivity index (χ0n) is 12.4. The van der Waals surface area contributed by atoms with Crippen LogP contribution in [0.2, 0.25) is 15.1 Å². The Kier molecular flexibility index (Phi) is 5.09. The first kappa shape index (κ1) is 17.2. The van der Waals surface area contributed by atoms with Crippen LogP contribution in [-0.2, 0) is 11.4 Å². The van der Waals surface area contributed by atoms with E-state index in [-0.39, 0.29) is 18.9 Å². The third kappa shape index (κ3) is 3.72. The minimum Gasteiger partial charge on any atom is -0.492 e. The molecular weight excluding hydrogens is 375 g/mol. The van der Waals surface area contributed by atoms with E-state index in [4.69, 9.17) is 49.4 Å². The molecule has 4 nitrogen and oxygen atoms in total. The molecule has 2 aromatic carbocycles. The van der Waals surface area contributed by atoms with Crippen LogP contribution < -0.4 is 9.47 Å². The zero-order valence-corrected chi connectivity index (χ0v) is 14.7. The Bertz CT molecular complexity index is 792. The smallest absolute Gasteiger partial charge is 0.304 e. The highest BCUT2D eigenvalue weighted by Crippen LogP contribution is 2.42. The van der Waals surface area contributed by atoms with Gasteiger partial charge in [-0.05, 0) is 18.2 Å². The molecule has 1 atom stereocenters. The summed E-state index contributed by atoms with van der Waals surface area (Å²) >= 11 is 18.2. The van der Waals surface area contributed by atoms with Gasteiger partial charge < -0.3 is 14.6 Å². The first-order chi connectivity index (χ1) is 11.4. The molecule has 1 heterocycles. The summed E-state index contributed by atoms with van der Waals surface area (Å²) in [5.74, 6) is -0.0136. The van der Waals surface area contributed by atoms with Crippen LogP contribution >= 0.6 is 34.8 Å². The second-order valence-electron chi connectivity index (χ2n) is 5.45. The molecular formula is C17H13Cl3O4. The quantitative estimate of drug-likeness (QED) is 0.768. The average molecular weight is 388 g/mol. The second-order valence-corrected chi connectivity index (χ2v) is 6.70. The van der Waals surface area contributed by atoms with Gasteiger partial charge in [-0.25, -0.2) is 0 Å². The lowest BCUT2D eigenvalue weighted by molar-refractivity contribution is -0.137. The van der Waals surface area contributed by atoms with Crippen LogP contribution in [0.3, 0.4) is 0 Å². The highest BCUT2D eigenvalue weighted by Gasteiger charge is 2.28. The van der Waals surface area contributed by atoms with Gasteiger partial charge in [-0.2, -0.15) is 0 Å². The average Bonchev–Trinajstić information content (AvgIpc) is 2.87. The monoisotopic (exact) mass is 386 g/mol. The standard InChI is InChI=1S/C17H13Cl3O4/c18-11-2-1-9(13(19)4-11)7-24-16-6-15-12(5-14(16)20)10(8-23-15)3-17(21)22/h1-2,4-6,10H,3,7-8H2,(H,21,22)/t10-/m1/s1. The van der Waals surface area contributed by atoms with Crippen LogP contribution in [0.25, 0.3) is 0 Å². The van der Waals surface area contributed by atoms with Crippen LogP contribution in [0.4, 0.5) is 0 Å². The molecule has 0 aromatic heterocycles. The van der Waals surface area contributed by atoms with E-state index in [1.165, 1.54) is 0 Å². The molecule has 0 amide bonds. The minimum absolute atomic E-state index is 0.00388. The summed E-state index contributed by atoms with van der Waals surface area (Å²) in [5, 5.41) is 10.4. The Morgan fingerprint density at radius 1 is 1.21 bits per heavy atom. The van der Waals surface area contributed by atoms with Crippen molar-refractivity contribution in [2.24, 2.45) is 0 Å². The molecule has 0 unspecified atom stereocenters. The summed E-state index contributed by atoms with van der Waals surface area (Å²) in [6.45, 7) is 0.553. The van der Waals surface area contributed by atoms with Crippen molar-refractivity contribution >= 4 is 40.8 Å². The number of carboxylic acid groups (broad SMARTS) is 1. The van der Waals surface area contributed by atoms with E-state index in [0.717, 1.165) is 11.1 Å². The number of carbonyl (C=O) groups is 1. The highest BCUT2D eigenvalue weighted by atomic mass is 35.5. The molecule has 2 aromatic rings. The van der Waals surface area contributed by atoms with Crippen LogP contribution in [0.1, 0.15) is 23.5 Å². The van der Waals surface area contributed by atoms with Gasteiger partial charge in [-0.1, -0.05) is 40.9 Å². The van der Waals surface area contributed by atoms with Gasteiger partial charge in [0.1, 0.15) is 18.1 Å². The number of rotatable bonds is 5. The van der Waals surface area contributed by atoms with Gasteiger partial charge in [0.15, 0.2) is 0 Å². The molecule has 3 rings (SSSR count). The summed E-state index contributed by atoms with van der Waals surface area (Å²) in [6.07, 6.45) is 0.00388. The summed E-state index contributed by atoms with van der Waals surface area (Å²) in [4.78, 5) is 10.9. The predicted octanol–water partition coefficient (Wildman–Crippen LogP) is 5.18. The molecule has 0 saturated heterocycles. The molecule has 1 aliphatic heterocycles. The Morgan fingerprint density at radius 3 is 2.71 bits per heavy atom. The SMILES string of the molecule is O=C(O)C[C@@H]1COc2cc(OCc3ccc(Cl)cc3Cl)c(Cl)cc21. The largest absolute Gasteiger partial charge is 0.492 e. The molecule has 0 fully saturated rings. The maximum atomic E-state index is 10.9. The highest BCUT2D eigenvalue weighted by molar-refractivity contribution is 6.35. The molecule has 0 spiro atoms. The van der Waals surface area contributed by atoms with E-state index >= 15 is 0 Å². The number of fused-ring (bicyclic) bond motifs is 1. The Balaban J connectivity index is 1.77. The van der Waals surface area contributed by atoms with Gasteiger partial charge in [0, 0.05) is 33.2 Å². The lowest BCUT2D eigenvalue weighted by atomic mass is 9.98. The maximum absolute atomic E-state index is 10.9. The third-order valence-corrected chi connectivity index (χ3v) is 4.65. The lowest BCUT2D eigenvalue weighted by Gasteiger charge is -2.12. The zero-order chi connectivity index (χ0) is 17.3. The Morgan fingerprint density at radius 2 is 2.00 bits per heavy atom. The van der Waals surface area contributed by atoms with E-state index in [1.807, 2.05) is 0 Å². The maximum Gasteiger partial charge on any atom is 0.304 e. The number of hydrogen-bond acceptors (Lipinski definition) is 3. The first-order valence-corrected chi connectivity index (χ1v) is 8.32. The molecule has 1 N–H and O–H groups in total. The van der Waals surface area contributed by atoms with Gasteiger partial charge in [0.05, 0.1) is 18.1 Å². The molecule has 0 aliphatic carbocycles. The molecule has 126 valence electrons. The molecule has 0 radical (unpaired) electrons. The van der Waals surface area contributed by atoms with Crippen molar-refractivity contribution in [3.8, 4) is 11.5 Å².